The summed E-state index contributed by atoms with van der Waals surface area (Å²) in [6.45, 7) is 5.32. The molecule has 0 radical (unpaired) electrons. The van der Waals surface area contributed by atoms with E-state index in [9.17, 15) is 0 Å². The minimum absolute atomic E-state index is 0.801. The maximum atomic E-state index is 2.33. The lowest BCUT2D eigenvalue weighted by Gasteiger charge is -2.17. The second kappa shape index (κ2) is 3.65. The molecule has 1 aliphatic heterocycles. The van der Waals surface area contributed by atoms with Gasteiger partial charge < -0.3 is 0 Å². The molecule has 0 bridgehead atoms. The summed E-state index contributed by atoms with van der Waals surface area (Å²) in [5.74, 6) is 3.13. The Morgan fingerprint density at radius 3 is 2.60 bits per heavy atom. The summed E-state index contributed by atoms with van der Waals surface area (Å²) in [5, 5.41) is 0. The molecule has 0 nitrogen and oxygen atoms in total. The predicted molar refractivity (Wildman–Crippen MR) is 48.6 cm³/mol. The quantitative estimate of drug-likeness (QED) is 0.509. The zero-order valence-electron chi connectivity index (χ0n) is 6.88. The van der Waals surface area contributed by atoms with Crippen LogP contribution < -0.4 is 0 Å². The third-order valence-corrected chi connectivity index (χ3v) is 2.32. The second-order valence-corrected chi connectivity index (χ2v) is 2.91. The molecule has 0 amide bonds. The molecule has 1 aliphatic rings. The van der Waals surface area contributed by atoms with Crippen molar-refractivity contribution in [1.82, 2.24) is 0 Å². The van der Waals surface area contributed by atoms with Gasteiger partial charge >= 0.3 is 0 Å². The average molecular weight is 134 g/mol. The van der Waals surface area contributed by atoms with E-state index in [0.717, 1.165) is 12.5 Å². The van der Waals surface area contributed by atoms with E-state index in [1.807, 2.05) is 0 Å². The highest BCUT2D eigenvalue weighted by molar-refractivity contribution is 6.66. The van der Waals surface area contributed by atoms with Gasteiger partial charge in [-0.1, -0.05) is 44.8 Å². The lowest BCUT2D eigenvalue weighted by atomic mass is 9.38. The van der Waals surface area contributed by atoms with Crippen molar-refractivity contribution >= 4 is 6.71 Å². The van der Waals surface area contributed by atoms with Gasteiger partial charge in [0.2, 0.25) is 0 Å². The van der Waals surface area contributed by atoms with E-state index in [1.165, 1.54) is 12.7 Å². The van der Waals surface area contributed by atoms with Crippen LogP contribution in [0.15, 0.2) is 24.2 Å². The van der Waals surface area contributed by atoms with Gasteiger partial charge in [0.15, 0.2) is 6.71 Å². The lowest BCUT2D eigenvalue weighted by Crippen LogP contribution is -2.16. The third-order valence-electron chi connectivity index (χ3n) is 2.32. The molecule has 0 spiro atoms. The molecule has 1 heteroatoms. The maximum Gasteiger partial charge on any atom is 0.173 e. The van der Waals surface area contributed by atoms with Crippen molar-refractivity contribution in [3.8, 4) is 0 Å². The average Bonchev–Trinajstić information content (AvgIpc) is 2.04. The minimum Gasteiger partial charge on any atom is -0.114 e. The van der Waals surface area contributed by atoms with Crippen LogP contribution in [0.1, 0.15) is 20.3 Å². The van der Waals surface area contributed by atoms with Gasteiger partial charge in [0.05, 0.1) is 0 Å². The Hall–Kier alpha value is -0.455. The van der Waals surface area contributed by atoms with Crippen LogP contribution in [0.2, 0.25) is 12.1 Å². The zero-order chi connectivity index (χ0) is 7.40. The van der Waals surface area contributed by atoms with Gasteiger partial charge in [0.1, 0.15) is 0 Å². The summed E-state index contributed by atoms with van der Waals surface area (Å²) in [6, 6.07) is 0. The first-order chi connectivity index (χ1) is 4.88. The van der Waals surface area contributed by atoms with E-state index in [-0.39, 0.29) is 0 Å². The molecule has 0 aromatic rings. The maximum absolute atomic E-state index is 2.33. The third kappa shape index (κ3) is 1.53. The molecule has 0 saturated carbocycles. The summed E-state index contributed by atoms with van der Waals surface area (Å²) < 4.78 is 0. The van der Waals surface area contributed by atoms with Crippen molar-refractivity contribution in [2.75, 3.05) is 0 Å². The number of hydrogen-bond donors (Lipinski definition) is 0. The molecule has 1 atom stereocenters. The van der Waals surface area contributed by atoms with Crippen LogP contribution >= 0.6 is 0 Å². The molecular formula is C9H15B. The van der Waals surface area contributed by atoms with Crippen LogP contribution in [0.5, 0.6) is 0 Å². The number of rotatable bonds is 2. The molecule has 0 aromatic heterocycles. The first-order valence-corrected chi connectivity index (χ1v) is 4.23. The van der Waals surface area contributed by atoms with Crippen LogP contribution in [-0.4, -0.2) is 6.71 Å². The Bertz CT molecular complexity index is 129. The molecule has 1 unspecified atom stereocenters. The Morgan fingerprint density at radius 2 is 2.10 bits per heavy atom. The van der Waals surface area contributed by atoms with Crippen LogP contribution in [-0.2, 0) is 0 Å². The van der Waals surface area contributed by atoms with E-state index >= 15 is 0 Å². The highest BCUT2D eigenvalue weighted by Crippen LogP contribution is 2.23. The Balaban J connectivity index is 2.55. The highest BCUT2D eigenvalue weighted by Gasteiger charge is 2.17. The molecule has 0 aromatic carbocycles. The lowest BCUT2D eigenvalue weighted by molar-refractivity contribution is 0.923. The van der Waals surface area contributed by atoms with E-state index in [1.54, 1.807) is 0 Å². The molecule has 0 aliphatic carbocycles. The van der Waals surface area contributed by atoms with Gasteiger partial charge in [0, 0.05) is 0 Å². The van der Waals surface area contributed by atoms with Crippen LogP contribution in [0.25, 0.3) is 0 Å². The van der Waals surface area contributed by atoms with Gasteiger partial charge in [0.25, 0.3) is 0 Å². The fraction of sp³-hybridized carbons (Fsp3) is 0.556. The van der Waals surface area contributed by atoms with Gasteiger partial charge in [-0.3, -0.25) is 0 Å². The standard InChI is InChI=1S/C9H15B/c1-3-9-7-5-6-8-10(9)4-2/h5-9H,3-4H2,1-2H3. The molecule has 0 saturated heterocycles. The Labute approximate surface area is 64.1 Å². The topological polar surface area (TPSA) is 0 Å². The fourth-order valence-corrected chi connectivity index (χ4v) is 1.58. The molecule has 1 rings (SSSR count). The zero-order valence-corrected chi connectivity index (χ0v) is 6.88. The number of hydrogen-bond acceptors (Lipinski definition) is 0. The summed E-state index contributed by atoms with van der Waals surface area (Å²) >= 11 is 0. The van der Waals surface area contributed by atoms with E-state index in [0.29, 0.717) is 0 Å². The normalized spacial score (nSPS) is 23.8. The van der Waals surface area contributed by atoms with Crippen molar-refractivity contribution in [2.24, 2.45) is 0 Å². The molecule has 10 heavy (non-hydrogen) atoms. The molecule has 1 heterocycles. The summed E-state index contributed by atoms with van der Waals surface area (Å²) in [4.78, 5) is 0. The summed E-state index contributed by atoms with van der Waals surface area (Å²) in [5.41, 5.74) is 0. The molecule has 54 valence electrons. The van der Waals surface area contributed by atoms with Crippen LogP contribution in [0.4, 0.5) is 0 Å². The van der Waals surface area contributed by atoms with Gasteiger partial charge in [-0.05, 0) is 5.82 Å². The molecule has 0 N–H and O–H groups in total. The molecular weight excluding hydrogens is 119 g/mol. The van der Waals surface area contributed by atoms with Gasteiger partial charge in [-0.2, -0.15) is 0 Å². The summed E-state index contributed by atoms with van der Waals surface area (Å²) in [6.07, 6.45) is 9.22. The number of allylic oxidation sites excluding steroid dienone is 3. The minimum atomic E-state index is 0.801. The molecule has 0 fully saturated rings. The first-order valence-electron chi connectivity index (χ1n) is 4.23. The van der Waals surface area contributed by atoms with Crippen molar-refractivity contribution < 1.29 is 0 Å². The second-order valence-electron chi connectivity index (χ2n) is 2.91. The van der Waals surface area contributed by atoms with Crippen LogP contribution in [0.3, 0.4) is 0 Å². The van der Waals surface area contributed by atoms with Crippen LogP contribution in [0, 0.1) is 0 Å². The smallest absolute Gasteiger partial charge is 0.114 e. The van der Waals surface area contributed by atoms with Crippen molar-refractivity contribution in [1.29, 1.82) is 0 Å². The van der Waals surface area contributed by atoms with Crippen molar-refractivity contribution in [3.63, 3.8) is 0 Å². The first kappa shape index (κ1) is 7.65. The predicted octanol–water partition coefficient (Wildman–Crippen LogP) is 2.95. The van der Waals surface area contributed by atoms with E-state index in [4.69, 9.17) is 0 Å². The van der Waals surface area contributed by atoms with Crippen molar-refractivity contribution in [2.45, 2.75) is 32.4 Å². The van der Waals surface area contributed by atoms with E-state index in [2.05, 4.69) is 38.1 Å². The Kier molecular flexibility index (Phi) is 2.79. The fourth-order valence-electron chi connectivity index (χ4n) is 1.58. The van der Waals surface area contributed by atoms with Crippen molar-refractivity contribution in [3.05, 3.63) is 24.2 Å². The monoisotopic (exact) mass is 134 g/mol. The van der Waals surface area contributed by atoms with Gasteiger partial charge in [-0.25, -0.2) is 0 Å². The SMILES string of the molecule is CCB1C=CC=CC1CC. The van der Waals surface area contributed by atoms with E-state index < -0.39 is 0 Å². The Morgan fingerprint density at radius 1 is 1.30 bits per heavy atom. The highest BCUT2D eigenvalue weighted by atomic mass is 14.0. The van der Waals surface area contributed by atoms with Gasteiger partial charge in [-0.15, -0.1) is 5.98 Å². The summed E-state index contributed by atoms with van der Waals surface area (Å²) in [7, 11) is 0. The largest absolute Gasteiger partial charge is 0.173 e.